The molecule has 2 aromatic carbocycles. The summed E-state index contributed by atoms with van der Waals surface area (Å²) in [7, 11) is -3.92. The van der Waals surface area contributed by atoms with Crippen molar-refractivity contribution >= 4 is 33.2 Å². The fourth-order valence-corrected chi connectivity index (χ4v) is 7.54. The third-order valence-electron chi connectivity index (χ3n) is 8.00. The highest BCUT2D eigenvalue weighted by atomic mass is 32.2. The summed E-state index contributed by atoms with van der Waals surface area (Å²) in [6, 6.07) is 13.6. The Morgan fingerprint density at radius 3 is 2.59 bits per heavy atom. The number of para-hydroxylation sites is 1. The molecule has 2 aliphatic heterocycles. The zero-order valence-corrected chi connectivity index (χ0v) is 23.7. The van der Waals surface area contributed by atoms with Gasteiger partial charge in [-0.25, -0.2) is 8.42 Å². The van der Waals surface area contributed by atoms with Crippen LogP contribution in [-0.4, -0.2) is 54.0 Å². The van der Waals surface area contributed by atoms with E-state index in [9.17, 15) is 18.0 Å². The summed E-state index contributed by atoms with van der Waals surface area (Å²) in [6.45, 7) is 8.28. The molecule has 39 heavy (non-hydrogen) atoms. The molecule has 206 valence electrons. The van der Waals surface area contributed by atoms with Crippen molar-refractivity contribution in [2.75, 3.05) is 29.9 Å². The lowest BCUT2D eigenvalue weighted by atomic mass is 9.98. The second-order valence-electron chi connectivity index (χ2n) is 10.5. The van der Waals surface area contributed by atoms with Gasteiger partial charge in [0, 0.05) is 31.0 Å². The maximum Gasteiger partial charge on any atom is 0.248 e. The van der Waals surface area contributed by atoms with Crippen molar-refractivity contribution < 1.29 is 18.0 Å². The van der Waals surface area contributed by atoms with Crippen molar-refractivity contribution in [1.29, 1.82) is 0 Å². The normalized spacial score (nSPS) is 17.7. The Balaban J connectivity index is 1.32. The Morgan fingerprint density at radius 2 is 1.79 bits per heavy atom. The van der Waals surface area contributed by atoms with Crippen molar-refractivity contribution in [2.24, 2.45) is 5.92 Å². The van der Waals surface area contributed by atoms with E-state index in [0.717, 1.165) is 34.5 Å². The summed E-state index contributed by atoms with van der Waals surface area (Å²) in [5.41, 5.74) is 5.63. The van der Waals surface area contributed by atoms with Crippen LogP contribution in [0.5, 0.6) is 0 Å². The standard InChI is InChI=1S/C29H35N5O4S/c1-19-9-7-12-25(20(19)2)30-29(36)24-11-8-15-32(17-24)39(37,38)28-21(3)31-34(22(28)4)18-27(35)33-16-14-23-10-5-6-13-26(23)33/h5-7,9-10,12-13,24H,8,11,14-18H2,1-4H3,(H,30,36)/t24-/m0/s1. The van der Waals surface area contributed by atoms with Crippen LogP contribution in [-0.2, 0) is 32.6 Å². The molecule has 1 saturated heterocycles. The lowest BCUT2D eigenvalue weighted by molar-refractivity contribution is -0.121. The van der Waals surface area contributed by atoms with Crippen molar-refractivity contribution in [3.63, 3.8) is 0 Å². The van der Waals surface area contributed by atoms with E-state index in [1.54, 1.807) is 18.7 Å². The number of benzene rings is 2. The number of amides is 2. The highest BCUT2D eigenvalue weighted by molar-refractivity contribution is 7.89. The second-order valence-corrected chi connectivity index (χ2v) is 12.4. The SMILES string of the molecule is Cc1cccc(NC(=O)[C@H]2CCCN(S(=O)(=O)c3c(C)nn(CC(=O)N4CCc5ccccc54)c3C)C2)c1C. The number of nitrogens with zero attached hydrogens (tertiary/aromatic N) is 4. The minimum Gasteiger partial charge on any atom is -0.326 e. The lowest BCUT2D eigenvalue weighted by Crippen LogP contribution is -2.44. The number of fused-ring (bicyclic) bond motifs is 1. The number of carbonyl (C=O) groups is 2. The maximum atomic E-state index is 13.8. The van der Waals surface area contributed by atoms with E-state index in [1.807, 2.05) is 56.3 Å². The first-order chi connectivity index (χ1) is 18.6. The number of carbonyl (C=O) groups excluding carboxylic acids is 2. The first-order valence-corrected chi connectivity index (χ1v) is 14.8. The molecule has 0 unspecified atom stereocenters. The second kappa shape index (κ2) is 10.6. The van der Waals surface area contributed by atoms with Crippen molar-refractivity contribution in [1.82, 2.24) is 14.1 Å². The molecule has 0 aliphatic carbocycles. The van der Waals surface area contributed by atoms with Crippen LogP contribution in [0.2, 0.25) is 0 Å². The molecule has 2 aliphatic rings. The van der Waals surface area contributed by atoms with Crippen molar-refractivity contribution in [3.05, 3.63) is 70.5 Å². The summed E-state index contributed by atoms with van der Waals surface area (Å²) in [5.74, 6) is -0.763. The minimum absolute atomic E-state index is 0.0442. The average Bonchev–Trinajstić information content (AvgIpc) is 3.47. The molecule has 3 aromatic rings. The van der Waals surface area contributed by atoms with Gasteiger partial charge in [-0.2, -0.15) is 9.40 Å². The number of aryl methyl sites for hydroxylation is 2. The van der Waals surface area contributed by atoms with Gasteiger partial charge in [-0.05, 0) is 75.8 Å². The van der Waals surface area contributed by atoms with Gasteiger partial charge in [-0.3, -0.25) is 14.3 Å². The average molecular weight is 550 g/mol. The Kier molecular flexibility index (Phi) is 7.35. The van der Waals surface area contributed by atoms with Crippen molar-refractivity contribution in [3.8, 4) is 0 Å². The molecular weight excluding hydrogens is 514 g/mol. The first kappa shape index (κ1) is 27.1. The number of piperidine rings is 1. The molecule has 5 rings (SSSR count). The van der Waals surface area contributed by atoms with Gasteiger partial charge in [0.25, 0.3) is 0 Å². The van der Waals surface area contributed by atoms with E-state index in [2.05, 4.69) is 10.4 Å². The van der Waals surface area contributed by atoms with Crippen LogP contribution in [0.25, 0.3) is 0 Å². The molecule has 0 spiro atoms. The Hall–Kier alpha value is -3.50. The lowest BCUT2D eigenvalue weighted by Gasteiger charge is -2.31. The molecule has 0 radical (unpaired) electrons. The van der Waals surface area contributed by atoms with Crippen LogP contribution in [0.3, 0.4) is 0 Å². The molecule has 1 atom stereocenters. The van der Waals surface area contributed by atoms with Gasteiger partial charge in [-0.1, -0.05) is 30.3 Å². The molecule has 10 heteroatoms. The van der Waals surface area contributed by atoms with E-state index in [0.29, 0.717) is 37.3 Å². The molecule has 2 amide bonds. The minimum atomic E-state index is -3.92. The number of hydrogen-bond acceptors (Lipinski definition) is 5. The van der Waals surface area contributed by atoms with Gasteiger partial charge < -0.3 is 10.2 Å². The molecular formula is C29H35N5O4S. The largest absolute Gasteiger partial charge is 0.326 e. The number of anilines is 2. The summed E-state index contributed by atoms with van der Waals surface area (Å²) >= 11 is 0. The highest BCUT2D eigenvalue weighted by Gasteiger charge is 2.37. The fourth-order valence-electron chi connectivity index (χ4n) is 5.64. The zero-order chi connectivity index (χ0) is 27.9. The van der Waals surface area contributed by atoms with Gasteiger partial charge >= 0.3 is 0 Å². The summed E-state index contributed by atoms with van der Waals surface area (Å²) in [6.07, 6.45) is 2.00. The number of sulfonamides is 1. The molecule has 0 bridgehead atoms. The Morgan fingerprint density at radius 1 is 1.03 bits per heavy atom. The molecule has 9 nitrogen and oxygen atoms in total. The van der Waals surface area contributed by atoms with Crippen LogP contribution >= 0.6 is 0 Å². The third kappa shape index (κ3) is 5.10. The molecule has 3 heterocycles. The van der Waals surface area contributed by atoms with Gasteiger partial charge in [0.2, 0.25) is 21.8 Å². The molecule has 1 fully saturated rings. The van der Waals surface area contributed by atoms with Crippen LogP contribution < -0.4 is 10.2 Å². The topological polar surface area (TPSA) is 105 Å². The highest BCUT2D eigenvalue weighted by Crippen LogP contribution is 2.30. The van der Waals surface area contributed by atoms with Crippen LogP contribution in [0.15, 0.2) is 47.4 Å². The number of aromatic nitrogens is 2. The van der Waals surface area contributed by atoms with Crippen LogP contribution in [0, 0.1) is 33.6 Å². The summed E-state index contributed by atoms with van der Waals surface area (Å²) < 4.78 is 30.5. The molecule has 0 saturated carbocycles. The van der Waals surface area contributed by atoms with Gasteiger partial charge in [-0.15, -0.1) is 0 Å². The summed E-state index contributed by atoms with van der Waals surface area (Å²) in [4.78, 5) is 28.2. The Labute approximate surface area is 229 Å². The summed E-state index contributed by atoms with van der Waals surface area (Å²) in [5, 5.41) is 7.45. The zero-order valence-electron chi connectivity index (χ0n) is 22.9. The fraction of sp³-hybridized carbons (Fsp3) is 0.414. The smallest absolute Gasteiger partial charge is 0.248 e. The number of rotatable bonds is 6. The number of nitrogens with one attached hydrogen (secondary N) is 1. The predicted octanol–water partition coefficient (Wildman–Crippen LogP) is 3.75. The van der Waals surface area contributed by atoms with Gasteiger partial charge in [0.05, 0.1) is 17.3 Å². The molecule has 1 aromatic heterocycles. The van der Waals surface area contributed by atoms with Gasteiger partial charge in [0.1, 0.15) is 11.4 Å². The quantitative estimate of drug-likeness (QED) is 0.504. The number of hydrogen-bond donors (Lipinski definition) is 1. The van der Waals surface area contributed by atoms with Crippen LogP contribution in [0.1, 0.15) is 40.9 Å². The van der Waals surface area contributed by atoms with Gasteiger partial charge in [0.15, 0.2) is 0 Å². The van der Waals surface area contributed by atoms with E-state index in [4.69, 9.17) is 0 Å². The van der Waals surface area contributed by atoms with E-state index < -0.39 is 15.9 Å². The predicted molar refractivity (Wildman–Crippen MR) is 150 cm³/mol. The molecule has 1 N–H and O–H groups in total. The van der Waals surface area contributed by atoms with E-state index >= 15 is 0 Å². The third-order valence-corrected chi connectivity index (χ3v) is 10.1. The monoisotopic (exact) mass is 549 g/mol. The maximum absolute atomic E-state index is 13.8. The Bertz CT molecular complexity index is 1540. The van der Waals surface area contributed by atoms with E-state index in [1.165, 1.54) is 8.99 Å². The van der Waals surface area contributed by atoms with Crippen molar-refractivity contribution in [2.45, 2.75) is 58.4 Å². The van der Waals surface area contributed by atoms with Crippen LogP contribution in [0.4, 0.5) is 11.4 Å². The first-order valence-electron chi connectivity index (χ1n) is 13.4. The van der Waals surface area contributed by atoms with E-state index in [-0.39, 0.29) is 29.8 Å².